The maximum atomic E-state index is 10.6. The van der Waals surface area contributed by atoms with Crippen LogP contribution in [0.1, 0.15) is 21.5 Å². The van der Waals surface area contributed by atoms with Gasteiger partial charge in [-0.15, -0.1) is 0 Å². The number of hydrogen-bond donors (Lipinski definition) is 0. The van der Waals surface area contributed by atoms with E-state index in [1.165, 1.54) is 6.07 Å². The second-order valence-corrected chi connectivity index (χ2v) is 3.72. The SMILES string of the molecule is N#Cc1ccc(Oc2ccc(C=O)cc2C#N)cc1. The lowest BCUT2D eigenvalue weighted by molar-refractivity contribution is 0.112. The lowest BCUT2D eigenvalue weighted by Gasteiger charge is -2.07. The van der Waals surface area contributed by atoms with Crippen LogP contribution in [-0.2, 0) is 0 Å². The Hall–Kier alpha value is -3.11. The second-order valence-electron chi connectivity index (χ2n) is 3.72. The third kappa shape index (κ3) is 2.77. The fourth-order valence-electron chi connectivity index (χ4n) is 1.52. The number of ether oxygens (including phenoxy) is 1. The van der Waals surface area contributed by atoms with Gasteiger partial charge >= 0.3 is 0 Å². The molecule has 2 rings (SSSR count). The van der Waals surface area contributed by atoms with E-state index in [0.717, 1.165) is 0 Å². The summed E-state index contributed by atoms with van der Waals surface area (Å²) in [6, 6.07) is 15.1. The van der Waals surface area contributed by atoms with E-state index in [1.54, 1.807) is 36.4 Å². The van der Waals surface area contributed by atoms with Crippen molar-refractivity contribution in [2.45, 2.75) is 0 Å². The zero-order valence-electron chi connectivity index (χ0n) is 9.83. The molecule has 2 aromatic rings. The summed E-state index contributed by atoms with van der Waals surface area (Å²) < 4.78 is 5.55. The van der Waals surface area contributed by atoms with E-state index in [0.29, 0.717) is 28.9 Å². The van der Waals surface area contributed by atoms with Gasteiger partial charge in [0.05, 0.1) is 17.2 Å². The van der Waals surface area contributed by atoms with Crippen molar-refractivity contribution in [2.75, 3.05) is 0 Å². The maximum Gasteiger partial charge on any atom is 0.150 e. The Morgan fingerprint density at radius 3 is 2.32 bits per heavy atom. The molecule has 4 heteroatoms. The molecule has 0 aromatic heterocycles. The van der Waals surface area contributed by atoms with Gasteiger partial charge < -0.3 is 4.74 Å². The predicted molar refractivity (Wildman–Crippen MR) is 67.8 cm³/mol. The summed E-state index contributed by atoms with van der Waals surface area (Å²) in [6.07, 6.45) is 0.673. The molecule has 0 aliphatic carbocycles. The Balaban J connectivity index is 2.30. The fraction of sp³-hybridized carbons (Fsp3) is 0. The molecule has 0 unspecified atom stereocenters. The van der Waals surface area contributed by atoms with Crippen LogP contribution < -0.4 is 4.74 Å². The lowest BCUT2D eigenvalue weighted by Crippen LogP contribution is -1.90. The summed E-state index contributed by atoms with van der Waals surface area (Å²) in [5.41, 5.74) is 1.24. The first kappa shape index (κ1) is 12.3. The molecule has 0 N–H and O–H groups in total. The van der Waals surface area contributed by atoms with Gasteiger partial charge in [-0.2, -0.15) is 10.5 Å². The first-order valence-corrected chi connectivity index (χ1v) is 5.44. The van der Waals surface area contributed by atoms with Gasteiger partial charge in [0, 0.05) is 5.56 Å². The van der Waals surface area contributed by atoms with E-state index < -0.39 is 0 Å². The van der Waals surface area contributed by atoms with Gasteiger partial charge in [0.2, 0.25) is 0 Å². The largest absolute Gasteiger partial charge is 0.456 e. The van der Waals surface area contributed by atoms with Gasteiger partial charge in [0.1, 0.15) is 23.9 Å². The van der Waals surface area contributed by atoms with Gasteiger partial charge in [-0.05, 0) is 42.5 Å². The molecule has 4 nitrogen and oxygen atoms in total. The Morgan fingerprint density at radius 1 is 1.00 bits per heavy atom. The van der Waals surface area contributed by atoms with Gasteiger partial charge in [0.25, 0.3) is 0 Å². The summed E-state index contributed by atoms with van der Waals surface area (Å²) >= 11 is 0. The van der Waals surface area contributed by atoms with Crippen LogP contribution >= 0.6 is 0 Å². The molecule has 0 atom stereocenters. The Morgan fingerprint density at radius 2 is 1.74 bits per heavy atom. The molecule has 2 aromatic carbocycles. The van der Waals surface area contributed by atoms with Crippen LogP contribution in [0.2, 0.25) is 0 Å². The quantitative estimate of drug-likeness (QED) is 0.782. The molecular weight excluding hydrogens is 240 g/mol. The van der Waals surface area contributed by atoms with Crippen LogP contribution in [0.25, 0.3) is 0 Å². The molecule has 0 bridgehead atoms. The number of rotatable bonds is 3. The van der Waals surface area contributed by atoms with Crippen LogP contribution in [0.4, 0.5) is 0 Å². The fourth-order valence-corrected chi connectivity index (χ4v) is 1.52. The molecule has 0 amide bonds. The summed E-state index contributed by atoms with van der Waals surface area (Å²) in [5, 5.41) is 17.7. The minimum absolute atomic E-state index is 0.286. The van der Waals surface area contributed by atoms with Crippen LogP contribution in [0.5, 0.6) is 11.5 Å². The Labute approximate surface area is 110 Å². The lowest BCUT2D eigenvalue weighted by atomic mass is 10.1. The molecule has 0 radical (unpaired) electrons. The minimum Gasteiger partial charge on any atom is -0.456 e. The molecule has 0 saturated carbocycles. The molecule has 0 aliphatic rings. The van der Waals surface area contributed by atoms with Gasteiger partial charge in [-0.1, -0.05) is 0 Å². The molecule has 0 saturated heterocycles. The Kier molecular flexibility index (Phi) is 3.56. The highest BCUT2D eigenvalue weighted by molar-refractivity contribution is 5.76. The standard InChI is InChI=1S/C15H8N2O2/c16-8-11-1-4-14(5-2-11)19-15-6-3-12(10-18)7-13(15)9-17/h1-7,10H. The number of carbonyl (C=O) groups is 1. The smallest absolute Gasteiger partial charge is 0.150 e. The number of aldehydes is 1. The first-order valence-electron chi connectivity index (χ1n) is 5.44. The van der Waals surface area contributed by atoms with E-state index in [-0.39, 0.29) is 5.56 Å². The Bertz CT molecular complexity index is 692. The van der Waals surface area contributed by atoms with Crippen molar-refractivity contribution < 1.29 is 9.53 Å². The van der Waals surface area contributed by atoms with E-state index in [4.69, 9.17) is 15.3 Å². The molecular formula is C15H8N2O2. The normalized spacial score (nSPS) is 9.16. The van der Waals surface area contributed by atoms with E-state index in [2.05, 4.69) is 0 Å². The van der Waals surface area contributed by atoms with Crippen molar-refractivity contribution in [3.63, 3.8) is 0 Å². The third-order valence-corrected chi connectivity index (χ3v) is 2.47. The second kappa shape index (κ2) is 5.48. The highest BCUT2D eigenvalue weighted by Gasteiger charge is 2.06. The number of carbonyl (C=O) groups excluding carboxylic acids is 1. The summed E-state index contributed by atoms with van der Waals surface area (Å²) in [5.74, 6) is 0.896. The number of benzene rings is 2. The zero-order valence-corrected chi connectivity index (χ0v) is 9.83. The number of nitriles is 2. The predicted octanol–water partition coefficient (Wildman–Crippen LogP) is 3.03. The van der Waals surface area contributed by atoms with Crippen molar-refractivity contribution in [2.24, 2.45) is 0 Å². The van der Waals surface area contributed by atoms with Crippen LogP contribution in [0.15, 0.2) is 42.5 Å². The third-order valence-electron chi connectivity index (χ3n) is 2.47. The van der Waals surface area contributed by atoms with E-state index in [9.17, 15) is 4.79 Å². The van der Waals surface area contributed by atoms with Crippen molar-refractivity contribution >= 4 is 6.29 Å². The number of nitrogens with zero attached hydrogens (tertiary/aromatic N) is 2. The molecule has 0 spiro atoms. The highest BCUT2D eigenvalue weighted by atomic mass is 16.5. The van der Waals surface area contributed by atoms with Crippen molar-refractivity contribution in [1.82, 2.24) is 0 Å². The van der Waals surface area contributed by atoms with Crippen LogP contribution in [-0.4, -0.2) is 6.29 Å². The molecule has 0 heterocycles. The highest BCUT2D eigenvalue weighted by Crippen LogP contribution is 2.25. The first-order chi connectivity index (χ1) is 9.26. The topological polar surface area (TPSA) is 73.9 Å². The van der Waals surface area contributed by atoms with E-state index in [1.807, 2.05) is 12.1 Å². The van der Waals surface area contributed by atoms with Gasteiger partial charge in [-0.3, -0.25) is 4.79 Å². The summed E-state index contributed by atoms with van der Waals surface area (Å²) in [7, 11) is 0. The summed E-state index contributed by atoms with van der Waals surface area (Å²) in [6.45, 7) is 0. The maximum absolute atomic E-state index is 10.6. The average molecular weight is 248 g/mol. The van der Waals surface area contributed by atoms with Crippen molar-refractivity contribution in [3.05, 3.63) is 59.2 Å². The average Bonchev–Trinajstić information content (AvgIpc) is 2.48. The summed E-state index contributed by atoms with van der Waals surface area (Å²) in [4.78, 5) is 10.6. The monoisotopic (exact) mass is 248 g/mol. The van der Waals surface area contributed by atoms with Crippen molar-refractivity contribution in [3.8, 4) is 23.6 Å². The molecule has 0 aliphatic heterocycles. The molecule has 90 valence electrons. The number of hydrogen-bond acceptors (Lipinski definition) is 4. The van der Waals surface area contributed by atoms with Crippen LogP contribution in [0, 0.1) is 22.7 Å². The van der Waals surface area contributed by atoms with Crippen molar-refractivity contribution in [1.29, 1.82) is 10.5 Å². The molecule has 0 fully saturated rings. The van der Waals surface area contributed by atoms with Gasteiger partial charge in [0.15, 0.2) is 0 Å². The minimum atomic E-state index is 0.286. The zero-order chi connectivity index (χ0) is 13.7. The van der Waals surface area contributed by atoms with Gasteiger partial charge in [-0.25, -0.2) is 0 Å². The van der Waals surface area contributed by atoms with Crippen LogP contribution in [0.3, 0.4) is 0 Å². The molecule has 19 heavy (non-hydrogen) atoms. The van der Waals surface area contributed by atoms with E-state index >= 15 is 0 Å².